The number of ether oxygens (including phenoxy) is 2. The van der Waals surface area contributed by atoms with Gasteiger partial charge in [0.05, 0.1) is 26.8 Å². The number of hydrogen-bond donors (Lipinski definition) is 3. The van der Waals surface area contributed by atoms with Gasteiger partial charge in [-0.2, -0.15) is 0 Å². The number of aryl methyl sites for hydroxylation is 1. The van der Waals surface area contributed by atoms with E-state index >= 15 is 0 Å². The highest BCUT2D eigenvalue weighted by atomic mass is 32.1. The number of aromatic nitrogens is 1. The summed E-state index contributed by atoms with van der Waals surface area (Å²) in [5, 5.41) is 16.4. The minimum Gasteiger partial charge on any atom is -0.493 e. The highest BCUT2D eigenvalue weighted by molar-refractivity contribution is 7.11. The minimum atomic E-state index is -0.0362. The van der Waals surface area contributed by atoms with Crippen LogP contribution in [-0.2, 0) is 13.1 Å². The molecule has 0 saturated heterocycles. The molecule has 0 spiro atoms. The van der Waals surface area contributed by atoms with Gasteiger partial charge < -0.3 is 25.2 Å². The average Bonchev–Trinajstić information content (AvgIpc) is 3.07. The molecule has 26 heavy (non-hydrogen) atoms. The number of aliphatic imine (C=N–C) groups is 1. The maximum Gasteiger partial charge on any atom is 0.191 e. The second-order valence-corrected chi connectivity index (χ2v) is 6.79. The van der Waals surface area contributed by atoms with E-state index in [0.29, 0.717) is 24.6 Å². The number of methoxy groups -OCH3 is 1. The minimum absolute atomic E-state index is 0.0362. The first-order valence-electron chi connectivity index (χ1n) is 8.50. The van der Waals surface area contributed by atoms with Crippen LogP contribution in [0.5, 0.6) is 11.5 Å². The molecule has 0 atom stereocenters. The number of aliphatic hydroxyl groups excluding tert-OH is 1. The number of nitrogens with zero attached hydrogens (tertiary/aromatic N) is 2. The van der Waals surface area contributed by atoms with Crippen molar-refractivity contribution in [2.24, 2.45) is 4.99 Å². The van der Waals surface area contributed by atoms with E-state index in [1.165, 1.54) is 4.88 Å². The summed E-state index contributed by atoms with van der Waals surface area (Å²) in [5.74, 6) is 1.97. The van der Waals surface area contributed by atoms with E-state index < -0.39 is 0 Å². The van der Waals surface area contributed by atoms with Crippen LogP contribution < -0.4 is 20.1 Å². The first kappa shape index (κ1) is 20.0. The number of nitrogens with one attached hydrogen (secondary N) is 2. The molecule has 3 N–H and O–H groups in total. The van der Waals surface area contributed by atoms with Crippen molar-refractivity contribution in [1.82, 2.24) is 15.6 Å². The second-order valence-electron chi connectivity index (χ2n) is 5.47. The van der Waals surface area contributed by atoms with Crippen LogP contribution in [0.4, 0.5) is 0 Å². The number of aliphatic hydroxyl groups is 1. The number of guanidine groups is 1. The van der Waals surface area contributed by atoms with Crippen molar-refractivity contribution >= 4 is 17.3 Å². The van der Waals surface area contributed by atoms with Crippen molar-refractivity contribution in [3.8, 4) is 11.5 Å². The molecule has 0 amide bonds. The molecule has 0 aliphatic heterocycles. The topological polar surface area (TPSA) is 88.0 Å². The Kier molecular flexibility index (Phi) is 8.17. The summed E-state index contributed by atoms with van der Waals surface area (Å²) in [6.45, 7) is 6.19. The molecule has 1 heterocycles. The molecule has 2 aromatic rings. The molecule has 0 unspecified atom stereocenters. The van der Waals surface area contributed by atoms with Gasteiger partial charge >= 0.3 is 0 Å². The van der Waals surface area contributed by atoms with Crippen molar-refractivity contribution in [1.29, 1.82) is 0 Å². The Balaban J connectivity index is 2.00. The Labute approximate surface area is 158 Å². The number of thiazole rings is 1. The molecular weight excluding hydrogens is 352 g/mol. The summed E-state index contributed by atoms with van der Waals surface area (Å²) in [5.41, 5.74) is 1.00. The molecule has 0 aliphatic rings. The van der Waals surface area contributed by atoms with Crippen LogP contribution in [0.25, 0.3) is 0 Å². The van der Waals surface area contributed by atoms with Gasteiger partial charge in [0.25, 0.3) is 0 Å². The fraction of sp³-hybridized carbons (Fsp3) is 0.444. The maximum atomic E-state index is 8.87. The van der Waals surface area contributed by atoms with Crippen LogP contribution in [0.1, 0.15) is 22.4 Å². The van der Waals surface area contributed by atoms with Crippen molar-refractivity contribution in [2.75, 3.05) is 26.9 Å². The van der Waals surface area contributed by atoms with E-state index in [4.69, 9.17) is 14.6 Å². The van der Waals surface area contributed by atoms with Crippen LogP contribution in [0, 0.1) is 6.92 Å². The normalized spacial score (nSPS) is 11.3. The Morgan fingerprint density at radius 3 is 2.81 bits per heavy atom. The smallest absolute Gasteiger partial charge is 0.191 e. The summed E-state index contributed by atoms with van der Waals surface area (Å²) >= 11 is 1.67. The Hall–Kier alpha value is -2.32. The van der Waals surface area contributed by atoms with Gasteiger partial charge in [0.15, 0.2) is 17.5 Å². The molecule has 2 rings (SSSR count). The van der Waals surface area contributed by atoms with Gasteiger partial charge in [-0.15, -0.1) is 11.3 Å². The van der Waals surface area contributed by atoms with E-state index in [1.54, 1.807) is 18.4 Å². The van der Waals surface area contributed by atoms with Gasteiger partial charge in [0.2, 0.25) is 0 Å². The van der Waals surface area contributed by atoms with E-state index in [-0.39, 0.29) is 13.2 Å². The first-order valence-corrected chi connectivity index (χ1v) is 9.32. The standard InChI is InChI=1S/C18H26N4O3S/c1-4-19-18(22-12-17-20-10-13(2)26-17)21-11-14-5-6-15(25-8-7-23)16(9-14)24-3/h5-6,9-10,23H,4,7-8,11-12H2,1-3H3,(H2,19,21,22). The Morgan fingerprint density at radius 2 is 2.15 bits per heavy atom. The Morgan fingerprint density at radius 1 is 1.31 bits per heavy atom. The molecule has 0 aliphatic carbocycles. The van der Waals surface area contributed by atoms with Crippen LogP contribution in [0.3, 0.4) is 0 Å². The zero-order valence-electron chi connectivity index (χ0n) is 15.4. The monoisotopic (exact) mass is 378 g/mol. The molecule has 0 fully saturated rings. The molecule has 1 aromatic heterocycles. The highest BCUT2D eigenvalue weighted by Gasteiger charge is 2.06. The molecule has 0 bridgehead atoms. The largest absolute Gasteiger partial charge is 0.493 e. The van der Waals surface area contributed by atoms with E-state index in [9.17, 15) is 0 Å². The molecule has 8 heteroatoms. The Bertz CT molecular complexity index is 718. The summed E-state index contributed by atoms with van der Waals surface area (Å²) in [7, 11) is 1.59. The third kappa shape index (κ3) is 6.20. The molecular formula is C18H26N4O3S. The molecule has 0 saturated carbocycles. The summed E-state index contributed by atoms with van der Waals surface area (Å²) < 4.78 is 10.8. The third-order valence-electron chi connectivity index (χ3n) is 3.42. The van der Waals surface area contributed by atoms with Gasteiger partial charge in [0.1, 0.15) is 11.6 Å². The average molecular weight is 378 g/mol. The van der Waals surface area contributed by atoms with Gasteiger partial charge in [-0.05, 0) is 31.5 Å². The van der Waals surface area contributed by atoms with Gasteiger partial charge in [-0.3, -0.25) is 0 Å². The van der Waals surface area contributed by atoms with Crippen LogP contribution >= 0.6 is 11.3 Å². The predicted octanol–water partition coefficient (Wildman–Crippen LogP) is 2.09. The number of benzene rings is 1. The highest BCUT2D eigenvalue weighted by Crippen LogP contribution is 2.28. The van der Waals surface area contributed by atoms with Crippen LogP contribution in [0.2, 0.25) is 0 Å². The molecule has 142 valence electrons. The summed E-state index contributed by atoms with van der Waals surface area (Å²) in [6.07, 6.45) is 1.87. The SMILES string of the molecule is CCNC(=NCc1ccc(OCCO)c(OC)c1)NCc1ncc(C)s1. The van der Waals surface area contributed by atoms with E-state index in [0.717, 1.165) is 23.1 Å². The number of hydrogen-bond acceptors (Lipinski definition) is 6. The fourth-order valence-electron chi connectivity index (χ4n) is 2.24. The lowest BCUT2D eigenvalue weighted by molar-refractivity contribution is 0.196. The van der Waals surface area contributed by atoms with Gasteiger partial charge in [-0.1, -0.05) is 6.07 Å². The predicted molar refractivity (Wildman–Crippen MR) is 104 cm³/mol. The van der Waals surface area contributed by atoms with Crippen molar-refractivity contribution < 1.29 is 14.6 Å². The molecule has 7 nitrogen and oxygen atoms in total. The summed E-state index contributed by atoms with van der Waals surface area (Å²) in [6, 6.07) is 5.66. The number of rotatable bonds is 9. The van der Waals surface area contributed by atoms with Crippen LogP contribution in [-0.4, -0.2) is 42.9 Å². The quantitative estimate of drug-likeness (QED) is 0.457. The lowest BCUT2D eigenvalue weighted by atomic mass is 10.2. The molecule has 1 aromatic carbocycles. The zero-order chi connectivity index (χ0) is 18.8. The van der Waals surface area contributed by atoms with Gasteiger partial charge in [-0.25, -0.2) is 9.98 Å². The van der Waals surface area contributed by atoms with E-state index in [2.05, 4.69) is 20.6 Å². The zero-order valence-corrected chi connectivity index (χ0v) is 16.2. The van der Waals surface area contributed by atoms with Crippen molar-refractivity contribution in [3.05, 3.63) is 39.8 Å². The fourth-order valence-corrected chi connectivity index (χ4v) is 2.97. The van der Waals surface area contributed by atoms with Crippen molar-refractivity contribution in [3.63, 3.8) is 0 Å². The van der Waals surface area contributed by atoms with Crippen molar-refractivity contribution in [2.45, 2.75) is 26.9 Å². The lowest BCUT2D eigenvalue weighted by Crippen LogP contribution is -2.36. The maximum absolute atomic E-state index is 8.87. The van der Waals surface area contributed by atoms with E-state index in [1.807, 2.05) is 38.2 Å². The van der Waals surface area contributed by atoms with Gasteiger partial charge in [0, 0.05) is 17.6 Å². The van der Waals surface area contributed by atoms with Crippen LogP contribution in [0.15, 0.2) is 29.4 Å². The molecule has 0 radical (unpaired) electrons. The second kappa shape index (κ2) is 10.6. The first-order chi connectivity index (χ1) is 12.7. The lowest BCUT2D eigenvalue weighted by Gasteiger charge is -2.12. The summed E-state index contributed by atoms with van der Waals surface area (Å²) in [4.78, 5) is 10.1. The third-order valence-corrected chi connectivity index (χ3v) is 4.33.